The molecule has 1 aromatic carbocycles. The maximum atomic E-state index is 13.8. The van der Waals surface area contributed by atoms with E-state index in [1.807, 2.05) is 6.07 Å². The van der Waals surface area contributed by atoms with E-state index in [0.717, 1.165) is 31.9 Å². The van der Waals surface area contributed by atoms with Gasteiger partial charge in [0.05, 0.1) is 36.7 Å². The number of pyridine rings is 1. The molecule has 14 heteroatoms. The number of fused-ring (bicyclic) bond motifs is 2. The molecule has 3 heterocycles. The van der Waals surface area contributed by atoms with E-state index in [4.69, 9.17) is 35.2 Å². The summed E-state index contributed by atoms with van der Waals surface area (Å²) >= 11 is 0. The van der Waals surface area contributed by atoms with Crippen molar-refractivity contribution in [1.82, 2.24) is 19.6 Å². The SMILES string of the molecule is COCCO[C@H]1CC[C@H](c2nc3c(-c4cnc5ccc(F)cc5c4)cnn3c(N)c2S(C)(=O)=O)CC1.O=C(O)O. The normalized spacial score (nSPS) is 17.5. The molecule has 1 aliphatic rings. The third kappa shape index (κ3) is 6.46. The van der Waals surface area contributed by atoms with E-state index in [2.05, 4.69) is 10.1 Å². The molecule has 0 aliphatic heterocycles. The second-order valence-electron chi connectivity index (χ2n) is 9.46. The first-order valence-corrected chi connectivity index (χ1v) is 14.3. The largest absolute Gasteiger partial charge is 0.503 e. The second kappa shape index (κ2) is 12.1. The van der Waals surface area contributed by atoms with Crippen molar-refractivity contribution < 1.29 is 37.3 Å². The minimum atomic E-state index is -3.68. The molecule has 5 rings (SSSR count). The molecule has 4 aromatic rings. The van der Waals surface area contributed by atoms with Crippen molar-refractivity contribution in [2.45, 2.75) is 42.6 Å². The number of sulfone groups is 1. The van der Waals surface area contributed by atoms with Crippen LogP contribution in [0.3, 0.4) is 0 Å². The van der Waals surface area contributed by atoms with Crippen molar-refractivity contribution in [3.05, 3.63) is 48.2 Å². The Labute approximate surface area is 229 Å². The van der Waals surface area contributed by atoms with Gasteiger partial charge in [-0.3, -0.25) is 4.98 Å². The molecule has 0 bridgehead atoms. The lowest BCUT2D eigenvalue weighted by Gasteiger charge is -2.29. The lowest BCUT2D eigenvalue weighted by Crippen LogP contribution is -2.24. The highest BCUT2D eigenvalue weighted by molar-refractivity contribution is 7.91. The quantitative estimate of drug-likeness (QED) is 0.271. The molecule has 4 N–H and O–H groups in total. The molecular formula is C26H30FN5O7S. The number of nitrogens with zero attached hydrogens (tertiary/aromatic N) is 4. The zero-order valence-corrected chi connectivity index (χ0v) is 22.8. The summed E-state index contributed by atoms with van der Waals surface area (Å²) in [4.78, 5) is 17.8. The fourth-order valence-corrected chi connectivity index (χ4v) is 5.99. The minimum Gasteiger partial charge on any atom is -0.450 e. The predicted octanol–water partition coefficient (Wildman–Crippen LogP) is 3.98. The van der Waals surface area contributed by atoms with Crippen LogP contribution in [0.25, 0.3) is 27.7 Å². The van der Waals surface area contributed by atoms with Crippen LogP contribution in [0.15, 0.2) is 41.6 Å². The Bertz CT molecular complexity index is 1630. The van der Waals surface area contributed by atoms with Gasteiger partial charge in [-0.1, -0.05) is 0 Å². The lowest BCUT2D eigenvalue weighted by molar-refractivity contribution is -0.00308. The van der Waals surface area contributed by atoms with Gasteiger partial charge in [0, 0.05) is 42.0 Å². The van der Waals surface area contributed by atoms with E-state index in [-0.39, 0.29) is 28.6 Å². The molecule has 12 nitrogen and oxygen atoms in total. The van der Waals surface area contributed by atoms with Crippen LogP contribution >= 0.6 is 0 Å². The molecule has 0 radical (unpaired) electrons. The number of aromatic nitrogens is 4. The topological polar surface area (TPSA) is 179 Å². The molecule has 1 fully saturated rings. The average Bonchev–Trinajstić information content (AvgIpc) is 3.32. The molecule has 0 atom stereocenters. The Morgan fingerprint density at radius 2 is 1.85 bits per heavy atom. The molecule has 0 spiro atoms. The number of carbonyl (C=O) groups is 1. The molecule has 214 valence electrons. The van der Waals surface area contributed by atoms with Crippen LogP contribution in [0, 0.1) is 5.82 Å². The van der Waals surface area contributed by atoms with E-state index < -0.39 is 16.0 Å². The number of nitrogen functional groups attached to an aromatic ring is 1. The first kappa shape index (κ1) is 29.1. The Hall–Kier alpha value is -3.88. The number of anilines is 1. The number of methoxy groups -OCH3 is 1. The summed E-state index contributed by atoms with van der Waals surface area (Å²) in [7, 11) is -2.04. The number of halogens is 1. The van der Waals surface area contributed by atoms with E-state index in [1.165, 1.54) is 16.6 Å². The number of benzene rings is 1. The monoisotopic (exact) mass is 575 g/mol. The van der Waals surface area contributed by atoms with Crippen LogP contribution in [0.2, 0.25) is 0 Å². The number of ether oxygens (including phenoxy) is 2. The predicted molar refractivity (Wildman–Crippen MR) is 145 cm³/mol. The number of nitrogens with two attached hydrogens (primary N) is 1. The van der Waals surface area contributed by atoms with Gasteiger partial charge < -0.3 is 25.4 Å². The van der Waals surface area contributed by atoms with Gasteiger partial charge in [-0.15, -0.1) is 0 Å². The Morgan fingerprint density at radius 3 is 2.50 bits per heavy atom. The highest BCUT2D eigenvalue weighted by atomic mass is 32.2. The lowest BCUT2D eigenvalue weighted by atomic mass is 9.85. The van der Waals surface area contributed by atoms with Crippen LogP contribution in [0.4, 0.5) is 15.0 Å². The number of rotatable bonds is 7. The Kier molecular flexibility index (Phi) is 8.81. The van der Waals surface area contributed by atoms with E-state index >= 15 is 0 Å². The summed E-state index contributed by atoms with van der Waals surface area (Å²) in [5.74, 6) is -0.413. The maximum absolute atomic E-state index is 13.8. The van der Waals surface area contributed by atoms with Gasteiger partial charge in [0.2, 0.25) is 0 Å². The summed E-state index contributed by atoms with van der Waals surface area (Å²) in [6, 6.07) is 6.21. The fourth-order valence-electron chi connectivity index (χ4n) is 4.93. The van der Waals surface area contributed by atoms with Crippen molar-refractivity contribution in [3.63, 3.8) is 0 Å². The second-order valence-corrected chi connectivity index (χ2v) is 11.4. The van der Waals surface area contributed by atoms with Crippen molar-refractivity contribution in [3.8, 4) is 11.1 Å². The van der Waals surface area contributed by atoms with Crippen LogP contribution in [-0.2, 0) is 19.3 Å². The molecule has 0 unspecified atom stereocenters. The summed E-state index contributed by atoms with van der Waals surface area (Å²) in [6.45, 7) is 1.06. The van der Waals surface area contributed by atoms with Gasteiger partial charge in [-0.2, -0.15) is 9.61 Å². The zero-order valence-electron chi connectivity index (χ0n) is 21.9. The first-order chi connectivity index (χ1) is 19.0. The number of hydrogen-bond donors (Lipinski definition) is 3. The Balaban J connectivity index is 0.000000867. The third-order valence-corrected chi connectivity index (χ3v) is 7.85. The van der Waals surface area contributed by atoms with E-state index in [9.17, 15) is 12.8 Å². The van der Waals surface area contributed by atoms with Gasteiger partial charge in [0.1, 0.15) is 16.5 Å². The van der Waals surface area contributed by atoms with E-state index in [0.29, 0.717) is 46.6 Å². The summed E-state index contributed by atoms with van der Waals surface area (Å²) < 4.78 is 51.7. The number of carboxylic acid groups (broad SMARTS) is 2. The van der Waals surface area contributed by atoms with Crippen molar-refractivity contribution in [2.75, 3.05) is 32.3 Å². The van der Waals surface area contributed by atoms with E-state index in [1.54, 1.807) is 25.6 Å². The summed E-state index contributed by atoms with van der Waals surface area (Å²) in [5, 5.41) is 18.9. The average molecular weight is 576 g/mol. The van der Waals surface area contributed by atoms with Crippen molar-refractivity contribution >= 4 is 38.4 Å². The molecule has 1 saturated carbocycles. The van der Waals surface area contributed by atoms with Gasteiger partial charge in [0.15, 0.2) is 15.5 Å². The summed E-state index contributed by atoms with van der Waals surface area (Å²) in [6.07, 6.45) is 5.69. The van der Waals surface area contributed by atoms with Crippen LogP contribution < -0.4 is 5.73 Å². The maximum Gasteiger partial charge on any atom is 0.503 e. The smallest absolute Gasteiger partial charge is 0.450 e. The van der Waals surface area contributed by atoms with Crippen molar-refractivity contribution in [1.29, 1.82) is 0 Å². The first-order valence-electron chi connectivity index (χ1n) is 12.4. The van der Waals surface area contributed by atoms with Crippen LogP contribution in [-0.4, -0.2) is 77.1 Å². The van der Waals surface area contributed by atoms with Gasteiger partial charge in [-0.05, 0) is 49.9 Å². The molecule has 3 aromatic heterocycles. The fraction of sp³-hybridized carbons (Fsp3) is 0.385. The minimum absolute atomic E-state index is 0.0205. The third-order valence-electron chi connectivity index (χ3n) is 6.69. The molecule has 40 heavy (non-hydrogen) atoms. The molecule has 1 aliphatic carbocycles. The van der Waals surface area contributed by atoms with Gasteiger partial charge in [-0.25, -0.2) is 22.6 Å². The Morgan fingerprint density at radius 1 is 1.15 bits per heavy atom. The molecule has 0 amide bonds. The highest BCUT2D eigenvalue weighted by Gasteiger charge is 2.32. The summed E-state index contributed by atoms with van der Waals surface area (Å²) in [5.41, 5.74) is 9.28. The van der Waals surface area contributed by atoms with Crippen LogP contribution in [0.1, 0.15) is 37.3 Å². The van der Waals surface area contributed by atoms with Crippen molar-refractivity contribution in [2.24, 2.45) is 0 Å². The van der Waals surface area contributed by atoms with Gasteiger partial charge in [0.25, 0.3) is 0 Å². The highest BCUT2D eigenvalue weighted by Crippen LogP contribution is 2.39. The zero-order chi connectivity index (χ0) is 29.0. The molecular weight excluding hydrogens is 545 g/mol. The standard InChI is InChI=1S/C25H28FN5O4S.CH2O3/c1-34-9-10-35-19-6-3-15(4-7-19)22-23(36(2,32)33)24(27)31-25(30-22)20(14-29-31)17-11-16-12-18(26)5-8-21(16)28-13-17;2-1(3)4/h5,8,11-15,19H,3-4,6-7,9-10,27H2,1-2H3;(H2,2,3,4)/t15-,19-;. The molecule has 0 saturated heterocycles. The van der Waals surface area contributed by atoms with Crippen LogP contribution in [0.5, 0.6) is 0 Å². The van der Waals surface area contributed by atoms with Gasteiger partial charge >= 0.3 is 6.16 Å². The number of hydrogen-bond acceptors (Lipinski definition) is 9.